The molecular formula is C30H41NO4. The Kier molecular flexibility index (Phi) is 4.04. The summed E-state index contributed by atoms with van der Waals surface area (Å²) in [5, 5.41) is 10.3. The molecule has 35 heavy (non-hydrogen) atoms. The van der Waals surface area contributed by atoms with E-state index in [0.717, 1.165) is 42.9 Å². The summed E-state index contributed by atoms with van der Waals surface area (Å²) in [5.41, 5.74) is 3.47. The second-order valence-electron chi connectivity index (χ2n) is 14.3. The van der Waals surface area contributed by atoms with E-state index in [1.54, 1.807) is 0 Å². The van der Waals surface area contributed by atoms with Gasteiger partial charge >= 0.3 is 0 Å². The largest absolute Gasteiger partial charge is 0.486 e. The summed E-state index contributed by atoms with van der Waals surface area (Å²) in [7, 11) is 0. The molecule has 1 aromatic carbocycles. The maximum atomic E-state index is 10.3. The number of aliphatic hydroxyl groups is 1. The fraction of sp³-hybridized carbons (Fsp3) is 0.800. The number of benzene rings is 1. The van der Waals surface area contributed by atoms with E-state index in [9.17, 15) is 5.11 Å². The molecule has 5 aliphatic carbocycles. The molecule has 3 aliphatic heterocycles. The number of ether oxygens (including phenoxy) is 3. The number of aliphatic hydroxyl groups excluding tert-OH is 1. The minimum atomic E-state index is -0.328. The average molecular weight is 480 g/mol. The van der Waals surface area contributed by atoms with Gasteiger partial charge in [-0.2, -0.15) is 0 Å². The first-order valence-corrected chi connectivity index (χ1v) is 14.1. The molecule has 7 atom stereocenters. The quantitative estimate of drug-likeness (QED) is 0.689. The van der Waals surface area contributed by atoms with Gasteiger partial charge in [0.1, 0.15) is 24.2 Å². The maximum absolute atomic E-state index is 10.3. The lowest BCUT2D eigenvalue weighted by molar-refractivity contribution is -0.389. The van der Waals surface area contributed by atoms with Crippen molar-refractivity contribution in [2.24, 2.45) is 22.7 Å². The SMILES string of the molecule is CC(C)(C)[C@@]1(C)OCO[C@]23CC[C@@]4(C[C@@H]21)[C@H]1Cc2ccc(CO)c5c2[C@@]4(CCN1CC1CC1)[C@H]3O5. The van der Waals surface area contributed by atoms with Crippen LogP contribution in [0.2, 0.25) is 0 Å². The molecule has 4 saturated carbocycles. The predicted molar refractivity (Wildman–Crippen MR) is 132 cm³/mol. The maximum Gasteiger partial charge on any atom is 0.148 e. The zero-order valence-electron chi connectivity index (χ0n) is 21.9. The number of nitrogens with zero attached hydrogens (tertiary/aromatic N) is 1. The van der Waals surface area contributed by atoms with Crippen LogP contribution in [0.1, 0.15) is 82.9 Å². The van der Waals surface area contributed by atoms with E-state index in [0.29, 0.717) is 18.8 Å². The first-order chi connectivity index (χ1) is 16.7. The van der Waals surface area contributed by atoms with Crippen LogP contribution in [0.4, 0.5) is 0 Å². The van der Waals surface area contributed by atoms with Crippen LogP contribution in [-0.2, 0) is 27.9 Å². The predicted octanol–water partition coefficient (Wildman–Crippen LogP) is 4.57. The summed E-state index contributed by atoms with van der Waals surface area (Å²) in [6, 6.07) is 5.01. The van der Waals surface area contributed by atoms with Crippen LogP contribution in [0.5, 0.6) is 5.75 Å². The summed E-state index contributed by atoms with van der Waals surface area (Å²) in [4.78, 5) is 2.90. The Morgan fingerprint density at radius 1 is 1.11 bits per heavy atom. The van der Waals surface area contributed by atoms with Crippen LogP contribution in [-0.4, -0.2) is 53.2 Å². The number of piperidine rings is 1. The highest BCUT2D eigenvalue weighted by Gasteiger charge is 2.83. The van der Waals surface area contributed by atoms with Gasteiger partial charge in [-0.3, -0.25) is 4.90 Å². The highest BCUT2D eigenvalue weighted by molar-refractivity contribution is 5.61. The van der Waals surface area contributed by atoms with Gasteiger partial charge in [0.25, 0.3) is 0 Å². The van der Waals surface area contributed by atoms with Crippen LogP contribution >= 0.6 is 0 Å². The highest BCUT2D eigenvalue weighted by Crippen LogP contribution is 2.78. The standard InChI is InChI=1S/C30H41NO4/c1-26(2,3)27(4)21-14-28-9-10-30(21,34-17-33-27)25-29(28)11-12-31(15-18-5-6-18)22(28)13-19-7-8-20(16-32)24(35-25)23(19)29/h7-8,18,21-22,25,32H,5-6,9-17H2,1-4H3/t21-,22-,25-,27+,28-,29+,30-/m1/s1. The van der Waals surface area contributed by atoms with Gasteiger partial charge in [-0.25, -0.2) is 0 Å². The number of likely N-dealkylation sites (tertiary alicyclic amines) is 1. The third kappa shape index (κ3) is 2.29. The van der Waals surface area contributed by atoms with E-state index >= 15 is 0 Å². The van der Waals surface area contributed by atoms with Gasteiger partial charge in [0.2, 0.25) is 0 Å². The van der Waals surface area contributed by atoms with Crippen molar-refractivity contribution in [2.45, 2.75) is 108 Å². The van der Waals surface area contributed by atoms with Crippen molar-refractivity contribution in [3.8, 4) is 5.75 Å². The first-order valence-electron chi connectivity index (χ1n) is 14.1. The lowest BCUT2D eigenvalue weighted by atomic mass is 9.33. The molecule has 5 heteroatoms. The van der Waals surface area contributed by atoms with Crippen molar-refractivity contribution in [1.82, 2.24) is 4.90 Å². The molecule has 0 amide bonds. The molecule has 0 aromatic heterocycles. The molecule has 3 heterocycles. The van der Waals surface area contributed by atoms with Gasteiger partial charge in [-0.1, -0.05) is 32.9 Å². The van der Waals surface area contributed by atoms with E-state index in [1.807, 2.05) is 0 Å². The second-order valence-corrected chi connectivity index (χ2v) is 14.3. The molecule has 9 rings (SSSR count). The van der Waals surface area contributed by atoms with Crippen molar-refractivity contribution in [2.75, 3.05) is 19.9 Å². The molecule has 0 radical (unpaired) electrons. The molecule has 0 unspecified atom stereocenters. The van der Waals surface area contributed by atoms with Gasteiger partial charge in [-0.05, 0) is 75.3 Å². The molecular weight excluding hydrogens is 438 g/mol. The normalized spacial score (nSPS) is 47.3. The molecule has 5 nitrogen and oxygen atoms in total. The Hall–Kier alpha value is -1.14. The minimum absolute atomic E-state index is 0.0000807. The summed E-state index contributed by atoms with van der Waals surface area (Å²) in [6.07, 6.45) is 8.54. The Labute approximate surface area is 209 Å². The Balaban J connectivity index is 1.38. The third-order valence-corrected chi connectivity index (χ3v) is 12.4. The molecule has 1 aromatic rings. The number of rotatable bonds is 3. The van der Waals surface area contributed by atoms with E-state index in [2.05, 4.69) is 44.7 Å². The van der Waals surface area contributed by atoms with Crippen LogP contribution in [0.15, 0.2) is 12.1 Å². The minimum Gasteiger partial charge on any atom is -0.486 e. The fourth-order valence-corrected chi connectivity index (χ4v) is 10.2. The number of hydrogen-bond acceptors (Lipinski definition) is 5. The molecule has 2 saturated heterocycles. The van der Waals surface area contributed by atoms with Crippen molar-refractivity contribution < 1.29 is 19.3 Å². The molecule has 4 bridgehead atoms. The van der Waals surface area contributed by atoms with Crippen molar-refractivity contribution in [3.63, 3.8) is 0 Å². The molecule has 8 aliphatic rings. The Morgan fingerprint density at radius 3 is 2.69 bits per heavy atom. The average Bonchev–Trinajstić information content (AvgIpc) is 3.57. The van der Waals surface area contributed by atoms with Crippen molar-refractivity contribution in [3.05, 3.63) is 28.8 Å². The van der Waals surface area contributed by atoms with Gasteiger partial charge in [-0.15, -0.1) is 0 Å². The summed E-state index contributed by atoms with van der Waals surface area (Å²) >= 11 is 0. The summed E-state index contributed by atoms with van der Waals surface area (Å²) in [6.45, 7) is 12.2. The topological polar surface area (TPSA) is 51.2 Å². The number of fused-ring (bicyclic) bond motifs is 1. The fourth-order valence-electron chi connectivity index (χ4n) is 10.2. The molecule has 3 spiro atoms. The van der Waals surface area contributed by atoms with Gasteiger partial charge in [0.05, 0.1) is 12.2 Å². The lowest BCUT2D eigenvalue weighted by Gasteiger charge is -2.77. The first kappa shape index (κ1) is 21.9. The van der Waals surface area contributed by atoms with E-state index in [-0.39, 0.29) is 40.2 Å². The zero-order chi connectivity index (χ0) is 24.0. The molecule has 190 valence electrons. The van der Waals surface area contributed by atoms with Gasteiger partial charge in [0, 0.05) is 40.5 Å². The van der Waals surface area contributed by atoms with Crippen LogP contribution in [0, 0.1) is 22.7 Å². The van der Waals surface area contributed by atoms with Crippen LogP contribution in [0.25, 0.3) is 0 Å². The third-order valence-electron chi connectivity index (χ3n) is 12.4. The van der Waals surface area contributed by atoms with Crippen LogP contribution < -0.4 is 4.74 Å². The van der Waals surface area contributed by atoms with Gasteiger partial charge < -0.3 is 19.3 Å². The van der Waals surface area contributed by atoms with Gasteiger partial charge in [0.15, 0.2) is 0 Å². The lowest BCUT2D eigenvalue weighted by Crippen LogP contribution is -2.84. The van der Waals surface area contributed by atoms with E-state index in [1.165, 1.54) is 43.5 Å². The van der Waals surface area contributed by atoms with E-state index < -0.39 is 0 Å². The number of hydrogen-bond donors (Lipinski definition) is 1. The summed E-state index contributed by atoms with van der Waals surface area (Å²) < 4.78 is 20.6. The van der Waals surface area contributed by atoms with E-state index in [4.69, 9.17) is 14.2 Å². The molecule has 6 fully saturated rings. The Morgan fingerprint density at radius 2 is 1.94 bits per heavy atom. The van der Waals surface area contributed by atoms with Crippen molar-refractivity contribution >= 4 is 0 Å². The smallest absolute Gasteiger partial charge is 0.148 e. The summed E-state index contributed by atoms with van der Waals surface area (Å²) in [5.74, 6) is 2.20. The Bertz CT molecular complexity index is 1110. The zero-order valence-corrected chi connectivity index (χ0v) is 21.9. The van der Waals surface area contributed by atoms with Crippen LogP contribution in [0.3, 0.4) is 0 Å². The monoisotopic (exact) mass is 479 g/mol. The molecule has 1 N–H and O–H groups in total. The van der Waals surface area contributed by atoms with Crippen molar-refractivity contribution in [1.29, 1.82) is 0 Å². The second kappa shape index (κ2) is 6.46. The highest BCUT2D eigenvalue weighted by atomic mass is 16.7.